The number of ether oxygens (including phenoxy) is 1. The van der Waals surface area contributed by atoms with Gasteiger partial charge in [0.05, 0.1) is 16.4 Å². The van der Waals surface area contributed by atoms with Crippen molar-refractivity contribution in [3.05, 3.63) is 48.5 Å². The first kappa shape index (κ1) is 18.3. The molecule has 0 aliphatic rings. The molecule has 4 nitrogen and oxygen atoms in total. The molecular formula is C19H24O4S. The Balaban J connectivity index is 1.95. The molecule has 0 aliphatic heterocycles. The summed E-state index contributed by atoms with van der Waals surface area (Å²) in [5, 5.41) is 9.27. The number of aromatic hydroxyl groups is 1. The molecule has 0 saturated heterocycles. The fourth-order valence-electron chi connectivity index (χ4n) is 2.37. The monoisotopic (exact) mass is 348 g/mol. The number of unbranched alkanes of at least 4 members (excludes halogenated alkanes) is 4. The molecule has 130 valence electrons. The van der Waals surface area contributed by atoms with Gasteiger partial charge in [-0.05, 0) is 55.0 Å². The lowest BCUT2D eigenvalue weighted by atomic mass is 10.2. The van der Waals surface area contributed by atoms with E-state index in [1.165, 1.54) is 43.5 Å². The molecule has 0 fully saturated rings. The zero-order chi connectivity index (χ0) is 17.4. The molecule has 2 aromatic rings. The first-order chi connectivity index (χ1) is 11.5. The van der Waals surface area contributed by atoms with Gasteiger partial charge in [0, 0.05) is 0 Å². The Hall–Kier alpha value is -2.01. The van der Waals surface area contributed by atoms with Crippen LogP contribution in [0.4, 0.5) is 0 Å². The Labute approximate surface area is 144 Å². The lowest BCUT2D eigenvalue weighted by Crippen LogP contribution is -2.02. The molecule has 0 bridgehead atoms. The fourth-order valence-corrected chi connectivity index (χ4v) is 3.63. The third-order valence-electron chi connectivity index (χ3n) is 3.80. The molecule has 0 amide bonds. The molecule has 0 spiro atoms. The SMILES string of the molecule is CCCCCCCOc1ccc(S(=O)(=O)c2ccc(O)cc2)cc1. The van der Waals surface area contributed by atoms with E-state index >= 15 is 0 Å². The normalized spacial score (nSPS) is 11.4. The van der Waals surface area contributed by atoms with Crippen molar-refractivity contribution < 1.29 is 18.3 Å². The van der Waals surface area contributed by atoms with Crippen molar-refractivity contribution in [3.63, 3.8) is 0 Å². The Morgan fingerprint density at radius 1 is 0.833 bits per heavy atom. The second-order valence-electron chi connectivity index (χ2n) is 5.73. The summed E-state index contributed by atoms with van der Waals surface area (Å²) < 4.78 is 30.6. The van der Waals surface area contributed by atoms with Crippen LogP contribution in [0.5, 0.6) is 11.5 Å². The predicted molar refractivity (Wildman–Crippen MR) is 94.3 cm³/mol. The average molecular weight is 348 g/mol. The lowest BCUT2D eigenvalue weighted by Gasteiger charge is -2.08. The van der Waals surface area contributed by atoms with Crippen LogP contribution in [0.15, 0.2) is 58.3 Å². The maximum absolute atomic E-state index is 12.5. The standard InChI is InChI=1S/C19H24O4S/c1-2-3-4-5-6-15-23-17-9-13-19(14-10-17)24(21,22)18-11-7-16(20)8-12-18/h7-14,20H,2-6,15H2,1H3. The topological polar surface area (TPSA) is 63.6 Å². The minimum absolute atomic E-state index is 0.0386. The summed E-state index contributed by atoms with van der Waals surface area (Å²) >= 11 is 0. The summed E-state index contributed by atoms with van der Waals surface area (Å²) in [6, 6.07) is 12.0. The summed E-state index contributed by atoms with van der Waals surface area (Å²) in [5.41, 5.74) is 0. The van der Waals surface area contributed by atoms with Gasteiger partial charge in [0.25, 0.3) is 0 Å². The van der Waals surface area contributed by atoms with E-state index < -0.39 is 9.84 Å². The molecule has 0 aromatic heterocycles. The summed E-state index contributed by atoms with van der Waals surface area (Å²) in [6.07, 6.45) is 5.86. The minimum Gasteiger partial charge on any atom is -0.508 e. The second kappa shape index (κ2) is 8.73. The minimum atomic E-state index is -3.57. The van der Waals surface area contributed by atoms with E-state index in [-0.39, 0.29) is 15.5 Å². The molecule has 0 unspecified atom stereocenters. The van der Waals surface area contributed by atoms with Crippen molar-refractivity contribution >= 4 is 9.84 Å². The number of sulfone groups is 1. The first-order valence-electron chi connectivity index (χ1n) is 8.31. The van der Waals surface area contributed by atoms with Gasteiger partial charge in [-0.1, -0.05) is 32.6 Å². The molecular weight excluding hydrogens is 324 g/mol. The Morgan fingerprint density at radius 2 is 1.38 bits per heavy atom. The van der Waals surface area contributed by atoms with E-state index in [0.717, 1.165) is 12.8 Å². The molecule has 5 heteroatoms. The third kappa shape index (κ3) is 4.99. The van der Waals surface area contributed by atoms with Crippen molar-refractivity contribution in [1.29, 1.82) is 0 Å². The van der Waals surface area contributed by atoms with Crippen LogP contribution in [0, 0.1) is 0 Å². The zero-order valence-corrected chi connectivity index (χ0v) is 14.8. The summed E-state index contributed by atoms with van der Waals surface area (Å²) in [4.78, 5) is 0.369. The molecule has 1 N–H and O–H groups in total. The van der Waals surface area contributed by atoms with Gasteiger partial charge in [-0.2, -0.15) is 0 Å². The van der Waals surface area contributed by atoms with Crippen molar-refractivity contribution in [2.45, 2.75) is 48.8 Å². The molecule has 0 aliphatic carbocycles. The number of benzene rings is 2. The van der Waals surface area contributed by atoms with Gasteiger partial charge in [0.15, 0.2) is 0 Å². The molecule has 0 atom stereocenters. The second-order valence-corrected chi connectivity index (χ2v) is 7.68. The van der Waals surface area contributed by atoms with Crippen LogP contribution in [0.1, 0.15) is 39.0 Å². The largest absolute Gasteiger partial charge is 0.508 e. The lowest BCUT2D eigenvalue weighted by molar-refractivity contribution is 0.304. The fraction of sp³-hybridized carbons (Fsp3) is 0.368. The zero-order valence-electron chi connectivity index (χ0n) is 13.9. The number of phenols is 1. The average Bonchev–Trinajstić information content (AvgIpc) is 2.59. The van der Waals surface area contributed by atoms with Crippen LogP contribution in [0.3, 0.4) is 0 Å². The number of phenolic OH excluding ortho intramolecular Hbond substituents is 1. The van der Waals surface area contributed by atoms with Crippen molar-refractivity contribution in [2.24, 2.45) is 0 Å². The van der Waals surface area contributed by atoms with Gasteiger partial charge in [0.1, 0.15) is 11.5 Å². The predicted octanol–water partition coefficient (Wildman–Crippen LogP) is 4.57. The van der Waals surface area contributed by atoms with E-state index in [1.54, 1.807) is 24.3 Å². The number of rotatable bonds is 9. The van der Waals surface area contributed by atoms with Gasteiger partial charge in [-0.25, -0.2) is 8.42 Å². The highest BCUT2D eigenvalue weighted by molar-refractivity contribution is 7.91. The molecule has 0 radical (unpaired) electrons. The molecule has 2 rings (SSSR count). The van der Waals surface area contributed by atoms with E-state index in [9.17, 15) is 13.5 Å². The maximum Gasteiger partial charge on any atom is 0.206 e. The van der Waals surface area contributed by atoms with Crippen LogP contribution in [0.25, 0.3) is 0 Å². The Kier molecular flexibility index (Phi) is 6.67. The summed E-state index contributed by atoms with van der Waals surface area (Å²) in [6.45, 7) is 2.83. The first-order valence-corrected chi connectivity index (χ1v) is 9.79. The van der Waals surface area contributed by atoms with E-state index in [2.05, 4.69) is 6.92 Å². The Bertz CT molecular complexity index is 719. The highest BCUT2D eigenvalue weighted by atomic mass is 32.2. The molecule has 2 aromatic carbocycles. The maximum atomic E-state index is 12.5. The van der Waals surface area contributed by atoms with Crippen molar-refractivity contribution in [3.8, 4) is 11.5 Å². The van der Waals surface area contributed by atoms with Crippen molar-refractivity contribution in [2.75, 3.05) is 6.61 Å². The van der Waals surface area contributed by atoms with Gasteiger partial charge >= 0.3 is 0 Å². The Morgan fingerprint density at radius 3 is 1.96 bits per heavy atom. The van der Waals surface area contributed by atoms with Crippen LogP contribution in [-0.4, -0.2) is 20.1 Å². The van der Waals surface area contributed by atoms with E-state index in [4.69, 9.17) is 4.74 Å². The van der Waals surface area contributed by atoms with Crippen LogP contribution in [0.2, 0.25) is 0 Å². The molecule has 24 heavy (non-hydrogen) atoms. The van der Waals surface area contributed by atoms with E-state index in [0.29, 0.717) is 12.4 Å². The highest BCUT2D eigenvalue weighted by Gasteiger charge is 2.17. The van der Waals surface area contributed by atoms with Gasteiger partial charge < -0.3 is 9.84 Å². The highest BCUT2D eigenvalue weighted by Crippen LogP contribution is 2.24. The smallest absolute Gasteiger partial charge is 0.206 e. The molecule has 0 heterocycles. The van der Waals surface area contributed by atoms with Crippen molar-refractivity contribution in [1.82, 2.24) is 0 Å². The third-order valence-corrected chi connectivity index (χ3v) is 5.58. The number of hydrogen-bond donors (Lipinski definition) is 1. The van der Waals surface area contributed by atoms with Crippen LogP contribution in [-0.2, 0) is 9.84 Å². The summed E-state index contributed by atoms with van der Waals surface area (Å²) in [7, 11) is -3.57. The summed E-state index contributed by atoms with van der Waals surface area (Å²) in [5.74, 6) is 0.715. The van der Waals surface area contributed by atoms with Crippen LogP contribution >= 0.6 is 0 Å². The van der Waals surface area contributed by atoms with Gasteiger partial charge in [-0.15, -0.1) is 0 Å². The van der Waals surface area contributed by atoms with Gasteiger partial charge in [0.2, 0.25) is 9.84 Å². The number of hydrogen-bond acceptors (Lipinski definition) is 4. The quantitative estimate of drug-likeness (QED) is 0.674. The van der Waals surface area contributed by atoms with Gasteiger partial charge in [-0.3, -0.25) is 0 Å². The van der Waals surface area contributed by atoms with Crippen LogP contribution < -0.4 is 4.74 Å². The van der Waals surface area contributed by atoms with E-state index in [1.807, 2.05) is 0 Å². The molecule has 0 saturated carbocycles.